The van der Waals surface area contributed by atoms with Crippen molar-refractivity contribution in [2.45, 2.75) is 18.9 Å². The first-order valence-electron chi connectivity index (χ1n) is 7.21. The van der Waals surface area contributed by atoms with E-state index in [1.165, 1.54) is 0 Å². The van der Waals surface area contributed by atoms with Crippen molar-refractivity contribution < 1.29 is 4.79 Å². The predicted octanol–water partition coefficient (Wildman–Crippen LogP) is 0.558. The summed E-state index contributed by atoms with van der Waals surface area (Å²) in [5, 5.41) is 0. The van der Waals surface area contributed by atoms with Crippen LogP contribution in [0, 0.1) is 11.8 Å². The number of amides is 1. The van der Waals surface area contributed by atoms with Gasteiger partial charge >= 0.3 is 0 Å². The van der Waals surface area contributed by atoms with Gasteiger partial charge in [0.2, 0.25) is 0 Å². The maximum absolute atomic E-state index is 12.6. The minimum atomic E-state index is 0.00783. The molecule has 0 unspecified atom stereocenters. The minimum absolute atomic E-state index is 0.00783. The number of nitrogens with zero attached hydrogens (tertiary/aromatic N) is 3. The molecule has 2 N–H and O–H groups in total. The molecule has 0 radical (unpaired) electrons. The van der Waals surface area contributed by atoms with Gasteiger partial charge in [-0.15, -0.1) is 0 Å². The van der Waals surface area contributed by atoms with Crippen LogP contribution in [-0.2, 0) is 0 Å². The van der Waals surface area contributed by atoms with Crippen molar-refractivity contribution in [2.24, 2.45) is 5.73 Å². The fourth-order valence-corrected chi connectivity index (χ4v) is 2.53. The Morgan fingerprint density at radius 1 is 1.48 bits per heavy atom. The molecule has 0 aliphatic carbocycles. The summed E-state index contributed by atoms with van der Waals surface area (Å²) < 4.78 is 0. The second-order valence-corrected chi connectivity index (χ2v) is 5.42. The molecule has 1 aromatic heterocycles. The summed E-state index contributed by atoms with van der Waals surface area (Å²) in [6.07, 6.45) is 5.27. The summed E-state index contributed by atoms with van der Waals surface area (Å²) in [5.74, 6) is 5.69. The zero-order valence-electron chi connectivity index (χ0n) is 12.7. The molecule has 1 saturated heterocycles. The van der Waals surface area contributed by atoms with Gasteiger partial charge in [-0.3, -0.25) is 9.78 Å². The van der Waals surface area contributed by atoms with Crippen molar-refractivity contribution in [3.63, 3.8) is 0 Å². The van der Waals surface area contributed by atoms with Crippen LogP contribution in [-0.4, -0.2) is 60.5 Å². The molecule has 5 heteroatoms. The van der Waals surface area contributed by atoms with Crippen LogP contribution in [0.3, 0.4) is 0 Å². The fourth-order valence-electron chi connectivity index (χ4n) is 2.53. The minimum Gasteiger partial charge on any atom is -0.339 e. The highest BCUT2D eigenvalue weighted by molar-refractivity contribution is 5.94. The van der Waals surface area contributed by atoms with Gasteiger partial charge in [0, 0.05) is 31.0 Å². The molecule has 21 heavy (non-hydrogen) atoms. The van der Waals surface area contributed by atoms with Crippen molar-refractivity contribution in [3.8, 4) is 11.8 Å². The van der Waals surface area contributed by atoms with Gasteiger partial charge in [0.15, 0.2) is 0 Å². The molecule has 5 nitrogen and oxygen atoms in total. The zero-order chi connectivity index (χ0) is 15.2. The van der Waals surface area contributed by atoms with Gasteiger partial charge in [-0.05, 0) is 39.0 Å². The summed E-state index contributed by atoms with van der Waals surface area (Å²) in [6.45, 7) is 2.36. The van der Waals surface area contributed by atoms with Crippen LogP contribution < -0.4 is 5.73 Å². The van der Waals surface area contributed by atoms with Gasteiger partial charge < -0.3 is 15.5 Å². The molecule has 2 rings (SSSR count). The molecule has 0 bridgehead atoms. The molecule has 1 aliphatic rings. The second-order valence-electron chi connectivity index (χ2n) is 5.42. The number of carbonyl (C=O) groups is 1. The number of pyridine rings is 1. The largest absolute Gasteiger partial charge is 0.339 e. The van der Waals surface area contributed by atoms with Gasteiger partial charge in [0.25, 0.3) is 5.91 Å². The Morgan fingerprint density at radius 3 is 2.86 bits per heavy atom. The zero-order valence-corrected chi connectivity index (χ0v) is 12.7. The Balaban J connectivity index is 2.08. The molecule has 0 saturated carbocycles. The Bertz CT molecular complexity index is 553. The molecule has 1 aliphatic heterocycles. The standard InChI is InChI=1S/C16H22N4O/c1-19-8-5-15(6-9-19)20(2)16(21)14-10-13(4-3-7-17)11-18-12-14/h10-12,15H,5-9,17H2,1-2H3. The SMILES string of the molecule is CN1CCC(N(C)C(=O)c2cncc(C#CCN)c2)CC1. The Hall–Kier alpha value is -1.90. The van der Waals surface area contributed by atoms with Crippen LogP contribution in [0.4, 0.5) is 0 Å². The van der Waals surface area contributed by atoms with E-state index >= 15 is 0 Å². The lowest BCUT2D eigenvalue weighted by molar-refractivity contribution is 0.0659. The van der Waals surface area contributed by atoms with Crippen LogP contribution in [0.15, 0.2) is 18.5 Å². The summed E-state index contributed by atoms with van der Waals surface area (Å²) in [7, 11) is 3.98. The smallest absolute Gasteiger partial charge is 0.255 e. The third kappa shape index (κ3) is 4.03. The number of piperidine rings is 1. The van der Waals surface area contributed by atoms with Gasteiger partial charge in [-0.25, -0.2) is 0 Å². The first-order chi connectivity index (χ1) is 10.1. The molecule has 0 atom stereocenters. The molecule has 1 amide bonds. The lowest BCUT2D eigenvalue weighted by Gasteiger charge is -2.35. The maximum Gasteiger partial charge on any atom is 0.255 e. The molecule has 2 heterocycles. The topological polar surface area (TPSA) is 62.5 Å². The first kappa shape index (κ1) is 15.5. The van der Waals surface area contributed by atoms with E-state index in [9.17, 15) is 4.79 Å². The van der Waals surface area contributed by atoms with Gasteiger partial charge in [0.1, 0.15) is 0 Å². The molecule has 1 fully saturated rings. The average molecular weight is 286 g/mol. The number of hydrogen-bond acceptors (Lipinski definition) is 4. The van der Waals surface area contributed by atoms with Crippen LogP contribution in [0.2, 0.25) is 0 Å². The van der Waals surface area contributed by atoms with Crippen LogP contribution >= 0.6 is 0 Å². The van der Waals surface area contributed by atoms with Gasteiger partial charge in [-0.2, -0.15) is 0 Å². The van der Waals surface area contributed by atoms with Crippen LogP contribution in [0.1, 0.15) is 28.8 Å². The van der Waals surface area contributed by atoms with Crippen molar-refractivity contribution in [2.75, 3.05) is 33.7 Å². The van der Waals surface area contributed by atoms with Gasteiger partial charge in [0.05, 0.1) is 12.1 Å². The maximum atomic E-state index is 12.6. The van der Waals surface area contributed by atoms with E-state index in [1.807, 2.05) is 11.9 Å². The van der Waals surface area contributed by atoms with Crippen molar-refractivity contribution in [1.82, 2.24) is 14.8 Å². The summed E-state index contributed by atoms with van der Waals surface area (Å²) in [4.78, 5) is 20.8. The molecule has 112 valence electrons. The normalized spacial score (nSPS) is 16.1. The third-order valence-corrected chi connectivity index (χ3v) is 3.88. The average Bonchev–Trinajstić information content (AvgIpc) is 2.52. The predicted molar refractivity (Wildman–Crippen MR) is 82.8 cm³/mol. The molecule has 1 aromatic rings. The Labute approximate surface area is 126 Å². The van der Waals surface area contributed by atoms with Crippen molar-refractivity contribution in [3.05, 3.63) is 29.6 Å². The lowest BCUT2D eigenvalue weighted by atomic mass is 10.0. The Morgan fingerprint density at radius 2 is 2.19 bits per heavy atom. The molecule has 0 aromatic carbocycles. The highest BCUT2D eigenvalue weighted by atomic mass is 16.2. The first-order valence-corrected chi connectivity index (χ1v) is 7.21. The lowest BCUT2D eigenvalue weighted by Crippen LogP contribution is -2.44. The number of likely N-dealkylation sites (tertiary alicyclic amines) is 1. The highest BCUT2D eigenvalue weighted by Gasteiger charge is 2.24. The number of rotatable bonds is 2. The molecule has 0 spiro atoms. The summed E-state index contributed by atoms with van der Waals surface area (Å²) in [6, 6.07) is 2.08. The number of hydrogen-bond donors (Lipinski definition) is 1. The van der Waals surface area contributed by atoms with E-state index in [0.29, 0.717) is 18.2 Å². The third-order valence-electron chi connectivity index (χ3n) is 3.88. The van der Waals surface area contributed by atoms with Crippen molar-refractivity contribution >= 4 is 5.91 Å². The second kappa shape index (κ2) is 7.21. The quantitative estimate of drug-likeness (QED) is 0.807. The monoisotopic (exact) mass is 286 g/mol. The van der Waals surface area contributed by atoms with Crippen molar-refractivity contribution in [1.29, 1.82) is 0 Å². The van der Waals surface area contributed by atoms with E-state index in [0.717, 1.165) is 31.5 Å². The van der Waals surface area contributed by atoms with E-state index in [-0.39, 0.29) is 5.91 Å². The summed E-state index contributed by atoms with van der Waals surface area (Å²) >= 11 is 0. The number of aromatic nitrogens is 1. The van der Waals surface area contributed by atoms with E-state index in [2.05, 4.69) is 28.8 Å². The van der Waals surface area contributed by atoms with Gasteiger partial charge in [-0.1, -0.05) is 11.8 Å². The summed E-state index contributed by atoms with van der Waals surface area (Å²) in [5.41, 5.74) is 6.67. The highest BCUT2D eigenvalue weighted by Crippen LogP contribution is 2.16. The van der Waals surface area contributed by atoms with E-state index in [4.69, 9.17) is 5.73 Å². The van der Waals surface area contributed by atoms with Crippen LogP contribution in [0.25, 0.3) is 0 Å². The number of nitrogens with two attached hydrogens (primary N) is 1. The molecular weight excluding hydrogens is 264 g/mol. The number of carbonyl (C=O) groups excluding carboxylic acids is 1. The van der Waals surface area contributed by atoms with E-state index in [1.54, 1.807) is 18.5 Å². The fraction of sp³-hybridized carbons (Fsp3) is 0.500. The van der Waals surface area contributed by atoms with Crippen LogP contribution in [0.5, 0.6) is 0 Å². The molecular formula is C16H22N4O. The van der Waals surface area contributed by atoms with E-state index < -0.39 is 0 Å². The Kier molecular flexibility index (Phi) is 5.32.